The van der Waals surface area contributed by atoms with Crippen LogP contribution in [-0.4, -0.2) is 32.1 Å². The van der Waals surface area contributed by atoms with E-state index in [1.807, 2.05) is 32.0 Å². The molecular formula is C24H24N2O5. The molecule has 31 heavy (non-hydrogen) atoms. The van der Waals surface area contributed by atoms with Gasteiger partial charge in [-0.2, -0.15) is 5.26 Å². The molecule has 0 saturated heterocycles. The lowest BCUT2D eigenvalue weighted by molar-refractivity contribution is -0.136. The molecule has 0 unspecified atom stereocenters. The number of methoxy groups -OCH3 is 1. The highest BCUT2D eigenvalue weighted by atomic mass is 16.6. The van der Waals surface area contributed by atoms with Crippen LogP contribution in [0.5, 0.6) is 17.2 Å². The Morgan fingerprint density at radius 1 is 1.13 bits per heavy atom. The number of carbonyl (C=O) groups is 2. The standard InChI is InChI=1S/C24H24N2O5/c1-5-10-26-24(28)19(14-25)12-18-7-9-21(22(13-18)29-4)31-23(27)15-30-20-8-6-16(2)11-17(20)3/h5-9,11-13H,1,10,15H2,2-4H3,(H,26,28). The van der Waals surface area contributed by atoms with Crippen molar-refractivity contribution in [3.63, 3.8) is 0 Å². The number of rotatable bonds is 9. The molecule has 1 N–H and O–H groups in total. The number of aryl methyl sites for hydroxylation is 2. The van der Waals surface area contributed by atoms with Crippen molar-refractivity contribution >= 4 is 18.0 Å². The third-order valence-electron chi connectivity index (χ3n) is 4.17. The van der Waals surface area contributed by atoms with E-state index in [1.165, 1.54) is 25.3 Å². The van der Waals surface area contributed by atoms with E-state index in [1.54, 1.807) is 18.2 Å². The van der Waals surface area contributed by atoms with E-state index in [0.29, 0.717) is 11.3 Å². The molecule has 0 spiro atoms. The highest BCUT2D eigenvalue weighted by Gasteiger charge is 2.13. The summed E-state index contributed by atoms with van der Waals surface area (Å²) in [4.78, 5) is 24.2. The second-order valence-corrected chi connectivity index (χ2v) is 6.61. The summed E-state index contributed by atoms with van der Waals surface area (Å²) in [5.41, 5.74) is 2.49. The second kappa shape index (κ2) is 11.2. The fourth-order valence-electron chi connectivity index (χ4n) is 2.68. The van der Waals surface area contributed by atoms with Gasteiger partial charge >= 0.3 is 5.97 Å². The van der Waals surface area contributed by atoms with Gasteiger partial charge < -0.3 is 19.5 Å². The summed E-state index contributed by atoms with van der Waals surface area (Å²) < 4.78 is 16.2. The predicted molar refractivity (Wildman–Crippen MR) is 117 cm³/mol. The SMILES string of the molecule is C=CCNC(=O)C(C#N)=Cc1ccc(OC(=O)COc2ccc(C)cc2C)c(OC)c1. The maximum absolute atomic E-state index is 12.2. The third kappa shape index (κ3) is 6.75. The molecule has 0 bridgehead atoms. The smallest absolute Gasteiger partial charge is 0.349 e. The number of ether oxygens (including phenoxy) is 3. The van der Waals surface area contributed by atoms with Crippen molar-refractivity contribution in [2.24, 2.45) is 0 Å². The molecule has 0 aliphatic heterocycles. The summed E-state index contributed by atoms with van der Waals surface area (Å²) in [7, 11) is 1.42. The van der Waals surface area contributed by atoms with E-state index in [9.17, 15) is 14.9 Å². The average molecular weight is 420 g/mol. The van der Waals surface area contributed by atoms with Gasteiger partial charge in [0.25, 0.3) is 5.91 Å². The van der Waals surface area contributed by atoms with Gasteiger partial charge in [0.1, 0.15) is 17.4 Å². The molecule has 2 aromatic carbocycles. The molecule has 0 radical (unpaired) electrons. The van der Waals surface area contributed by atoms with Gasteiger partial charge in [-0.25, -0.2) is 4.79 Å². The van der Waals surface area contributed by atoms with Gasteiger partial charge in [0.05, 0.1) is 7.11 Å². The number of benzene rings is 2. The molecule has 0 aliphatic rings. The van der Waals surface area contributed by atoms with Crippen LogP contribution in [0.1, 0.15) is 16.7 Å². The first-order valence-corrected chi connectivity index (χ1v) is 9.47. The van der Waals surface area contributed by atoms with Crippen molar-refractivity contribution in [3.05, 3.63) is 71.3 Å². The second-order valence-electron chi connectivity index (χ2n) is 6.61. The maximum atomic E-state index is 12.2. The van der Waals surface area contributed by atoms with Gasteiger partial charge in [-0.3, -0.25) is 4.79 Å². The van der Waals surface area contributed by atoms with Gasteiger partial charge in [0.2, 0.25) is 0 Å². The molecule has 0 aliphatic carbocycles. The van der Waals surface area contributed by atoms with Crippen LogP contribution in [0.4, 0.5) is 0 Å². The largest absolute Gasteiger partial charge is 0.493 e. The highest BCUT2D eigenvalue weighted by molar-refractivity contribution is 6.01. The average Bonchev–Trinajstić information content (AvgIpc) is 2.75. The molecule has 0 fully saturated rings. The van der Waals surface area contributed by atoms with E-state index in [0.717, 1.165) is 11.1 Å². The molecule has 0 atom stereocenters. The molecule has 2 rings (SSSR count). The topological polar surface area (TPSA) is 97.7 Å². The van der Waals surface area contributed by atoms with Crippen molar-refractivity contribution in [2.45, 2.75) is 13.8 Å². The molecular weight excluding hydrogens is 396 g/mol. The summed E-state index contributed by atoms with van der Waals surface area (Å²) in [6.45, 7) is 7.37. The van der Waals surface area contributed by atoms with Crippen LogP contribution in [-0.2, 0) is 9.59 Å². The Hall–Kier alpha value is -4.05. The zero-order valence-corrected chi connectivity index (χ0v) is 17.7. The lowest BCUT2D eigenvalue weighted by Crippen LogP contribution is -2.24. The Morgan fingerprint density at radius 2 is 1.87 bits per heavy atom. The normalized spacial score (nSPS) is 10.6. The van der Waals surface area contributed by atoms with Crippen LogP contribution in [0, 0.1) is 25.2 Å². The summed E-state index contributed by atoms with van der Waals surface area (Å²) in [5.74, 6) is -0.0295. The highest BCUT2D eigenvalue weighted by Crippen LogP contribution is 2.29. The van der Waals surface area contributed by atoms with E-state index >= 15 is 0 Å². The first-order chi connectivity index (χ1) is 14.9. The van der Waals surface area contributed by atoms with Crippen molar-refractivity contribution in [3.8, 4) is 23.3 Å². The lowest BCUT2D eigenvalue weighted by Gasteiger charge is -2.12. The molecule has 0 aromatic heterocycles. The van der Waals surface area contributed by atoms with Crippen molar-refractivity contribution < 1.29 is 23.8 Å². The molecule has 160 valence electrons. The van der Waals surface area contributed by atoms with Gasteiger partial charge in [0.15, 0.2) is 18.1 Å². The molecule has 0 saturated carbocycles. The molecule has 0 heterocycles. The van der Waals surface area contributed by atoms with Crippen molar-refractivity contribution in [1.82, 2.24) is 5.32 Å². The Balaban J connectivity index is 2.09. The minimum atomic E-state index is -0.594. The summed E-state index contributed by atoms with van der Waals surface area (Å²) in [6, 6.07) is 12.2. The van der Waals surface area contributed by atoms with Crippen LogP contribution in [0.2, 0.25) is 0 Å². The minimum Gasteiger partial charge on any atom is -0.493 e. The van der Waals surface area contributed by atoms with Gasteiger partial charge in [-0.05, 0) is 49.2 Å². The summed E-state index contributed by atoms with van der Waals surface area (Å²) >= 11 is 0. The van der Waals surface area contributed by atoms with E-state index in [4.69, 9.17) is 14.2 Å². The van der Waals surface area contributed by atoms with Crippen LogP contribution < -0.4 is 19.5 Å². The van der Waals surface area contributed by atoms with Crippen LogP contribution in [0.3, 0.4) is 0 Å². The number of hydrogen-bond acceptors (Lipinski definition) is 6. The van der Waals surface area contributed by atoms with Gasteiger partial charge in [-0.15, -0.1) is 6.58 Å². The minimum absolute atomic E-state index is 0.0736. The summed E-state index contributed by atoms with van der Waals surface area (Å²) in [5, 5.41) is 11.8. The fraction of sp³-hybridized carbons (Fsp3) is 0.208. The maximum Gasteiger partial charge on any atom is 0.349 e. The van der Waals surface area contributed by atoms with Crippen LogP contribution in [0.15, 0.2) is 54.6 Å². The Morgan fingerprint density at radius 3 is 2.52 bits per heavy atom. The van der Waals surface area contributed by atoms with Gasteiger partial charge in [0, 0.05) is 6.54 Å². The number of amides is 1. The van der Waals surface area contributed by atoms with E-state index in [-0.39, 0.29) is 30.2 Å². The zero-order chi connectivity index (χ0) is 22.8. The van der Waals surface area contributed by atoms with E-state index < -0.39 is 11.9 Å². The quantitative estimate of drug-likeness (QED) is 0.219. The third-order valence-corrected chi connectivity index (χ3v) is 4.17. The predicted octanol–water partition coefficient (Wildman–Crippen LogP) is 3.51. The number of nitrogens with one attached hydrogen (secondary N) is 1. The first kappa shape index (κ1) is 23.2. The zero-order valence-electron chi connectivity index (χ0n) is 17.7. The number of nitriles is 1. The number of carbonyl (C=O) groups excluding carboxylic acids is 2. The molecule has 7 heteroatoms. The van der Waals surface area contributed by atoms with Crippen LogP contribution >= 0.6 is 0 Å². The first-order valence-electron chi connectivity index (χ1n) is 9.47. The molecule has 7 nitrogen and oxygen atoms in total. The van der Waals surface area contributed by atoms with Crippen LogP contribution in [0.25, 0.3) is 6.08 Å². The molecule has 2 aromatic rings. The lowest BCUT2D eigenvalue weighted by atomic mass is 10.1. The number of nitrogens with zero attached hydrogens (tertiary/aromatic N) is 1. The number of hydrogen-bond donors (Lipinski definition) is 1. The van der Waals surface area contributed by atoms with E-state index in [2.05, 4.69) is 11.9 Å². The Kier molecular flexibility index (Phi) is 8.41. The Bertz CT molecular complexity index is 1050. The fourth-order valence-corrected chi connectivity index (χ4v) is 2.68. The van der Waals surface area contributed by atoms with Crippen molar-refractivity contribution in [1.29, 1.82) is 5.26 Å². The monoisotopic (exact) mass is 420 g/mol. The van der Waals surface area contributed by atoms with Gasteiger partial charge in [-0.1, -0.05) is 29.8 Å². The molecule has 1 amide bonds. The number of esters is 1. The Labute approximate surface area is 181 Å². The van der Waals surface area contributed by atoms with Crippen molar-refractivity contribution in [2.75, 3.05) is 20.3 Å². The summed E-state index contributed by atoms with van der Waals surface area (Å²) in [6.07, 6.45) is 2.93.